The summed E-state index contributed by atoms with van der Waals surface area (Å²) in [7, 11) is 0. The molecule has 7 nitrogen and oxygen atoms in total. The molecule has 2 heterocycles. The quantitative estimate of drug-likeness (QED) is 0.667. The standard InChI is InChI=1S/C17H33N5O2/c1-16(2)11-13(19)12-17(3,4)22(16)15(24)14(23)21-9-7-20(6-5-18)8-10-21/h13H,5-12,18-19H2,1-4H3. The number of carbonyl (C=O) groups is 2. The van der Waals surface area contributed by atoms with E-state index in [4.69, 9.17) is 11.5 Å². The van der Waals surface area contributed by atoms with Crippen LogP contribution in [0.4, 0.5) is 0 Å². The summed E-state index contributed by atoms with van der Waals surface area (Å²) in [5.41, 5.74) is 10.9. The fourth-order valence-electron chi connectivity index (χ4n) is 4.50. The van der Waals surface area contributed by atoms with E-state index in [2.05, 4.69) is 4.90 Å². The number of hydrogen-bond donors (Lipinski definition) is 2. The number of carbonyl (C=O) groups excluding carboxylic acids is 2. The van der Waals surface area contributed by atoms with Gasteiger partial charge in [0, 0.05) is 56.4 Å². The zero-order valence-electron chi connectivity index (χ0n) is 15.5. The van der Waals surface area contributed by atoms with Gasteiger partial charge in [-0.1, -0.05) is 0 Å². The van der Waals surface area contributed by atoms with Crippen LogP contribution in [-0.2, 0) is 9.59 Å². The van der Waals surface area contributed by atoms with E-state index in [1.165, 1.54) is 0 Å². The fraction of sp³-hybridized carbons (Fsp3) is 0.882. The minimum atomic E-state index is -0.421. The van der Waals surface area contributed by atoms with Gasteiger partial charge in [0.05, 0.1) is 0 Å². The summed E-state index contributed by atoms with van der Waals surface area (Å²) < 4.78 is 0. The van der Waals surface area contributed by atoms with Gasteiger partial charge in [0.2, 0.25) is 0 Å². The maximum atomic E-state index is 13.0. The summed E-state index contributed by atoms with van der Waals surface area (Å²) in [5, 5.41) is 0. The van der Waals surface area contributed by atoms with Gasteiger partial charge < -0.3 is 21.3 Å². The molecule has 2 aliphatic rings. The number of piperidine rings is 1. The first-order valence-electron chi connectivity index (χ1n) is 8.90. The van der Waals surface area contributed by atoms with Crippen molar-refractivity contribution in [2.75, 3.05) is 39.3 Å². The number of piperazine rings is 1. The van der Waals surface area contributed by atoms with Gasteiger partial charge in [0.1, 0.15) is 0 Å². The molecule has 0 spiro atoms. The second kappa shape index (κ2) is 6.98. The molecule has 2 amide bonds. The molecule has 2 rings (SSSR count). The van der Waals surface area contributed by atoms with Gasteiger partial charge in [-0.3, -0.25) is 14.5 Å². The van der Waals surface area contributed by atoms with Gasteiger partial charge in [-0.05, 0) is 40.5 Å². The molecule has 0 saturated carbocycles. The number of nitrogens with zero attached hydrogens (tertiary/aromatic N) is 3. The summed E-state index contributed by atoms with van der Waals surface area (Å²) in [5.74, 6) is -0.789. The molecule has 2 fully saturated rings. The molecule has 2 saturated heterocycles. The third kappa shape index (κ3) is 3.90. The van der Waals surface area contributed by atoms with Crippen LogP contribution in [0.1, 0.15) is 40.5 Å². The van der Waals surface area contributed by atoms with E-state index in [0.717, 1.165) is 19.6 Å². The number of hydrogen-bond acceptors (Lipinski definition) is 5. The van der Waals surface area contributed by atoms with Gasteiger partial charge >= 0.3 is 11.8 Å². The summed E-state index contributed by atoms with van der Waals surface area (Å²) in [4.78, 5) is 31.4. The summed E-state index contributed by atoms with van der Waals surface area (Å²) >= 11 is 0. The van der Waals surface area contributed by atoms with Crippen molar-refractivity contribution in [1.29, 1.82) is 0 Å². The second-order valence-corrected chi connectivity index (χ2v) is 8.36. The molecular formula is C17H33N5O2. The van der Waals surface area contributed by atoms with Crippen LogP contribution in [0.5, 0.6) is 0 Å². The largest absolute Gasteiger partial charge is 0.332 e. The van der Waals surface area contributed by atoms with Crippen LogP contribution in [0.25, 0.3) is 0 Å². The van der Waals surface area contributed by atoms with Crippen molar-refractivity contribution < 1.29 is 9.59 Å². The highest BCUT2D eigenvalue weighted by Crippen LogP contribution is 2.38. The van der Waals surface area contributed by atoms with Crippen LogP contribution >= 0.6 is 0 Å². The molecular weight excluding hydrogens is 306 g/mol. The van der Waals surface area contributed by atoms with E-state index in [1.54, 1.807) is 9.80 Å². The zero-order valence-corrected chi connectivity index (χ0v) is 15.5. The van der Waals surface area contributed by atoms with Crippen LogP contribution < -0.4 is 11.5 Å². The number of likely N-dealkylation sites (tertiary alicyclic amines) is 1. The second-order valence-electron chi connectivity index (χ2n) is 8.36. The number of rotatable bonds is 2. The summed E-state index contributed by atoms with van der Waals surface area (Å²) in [6.45, 7) is 12.1. The Hall–Kier alpha value is -1.18. The van der Waals surface area contributed by atoms with Crippen molar-refractivity contribution in [3.05, 3.63) is 0 Å². The molecule has 0 aromatic rings. The van der Waals surface area contributed by atoms with Gasteiger partial charge in [-0.25, -0.2) is 0 Å². The van der Waals surface area contributed by atoms with Crippen molar-refractivity contribution in [2.45, 2.75) is 57.7 Å². The van der Waals surface area contributed by atoms with E-state index >= 15 is 0 Å². The van der Waals surface area contributed by atoms with E-state index in [-0.39, 0.29) is 11.9 Å². The lowest BCUT2D eigenvalue weighted by Gasteiger charge is -2.54. The Kier molecular flexibility index (Phi) is 5.57. The molecule has 0 aromatic heterocycles. The first-order valence-corrected chi connectivity index (χ1v) is 8.90. The zero-order chi connectivity index (χ0) is 18.1. The lowest BCUT2D eigenvalue weighted by atomic mass is 9.77. The minimum absolute atomic E-state index is 0.0500. The molecule has 0 radical (unpaired) electrons. The average molecular weight is 339 g/mol. The van der Waals surface area contributed by atoms with Gasteiger partial charge in [-0.15, -0.1) is 0 Å². The van der Waals surface area contributed by atoms with E-state index in [1.807, 2.05) is 27.7 Å². The Bertz CT molecular complexity index is 465. The highest BCUT2D eigenvalue weighted by Gasteiger charge is 2.49. The van der Waals surface area contributed by atoms with Gasteiger partial charge in [0.25, 0.3) is 0 Å². The van der Waals surface area contributed by atoms with Crippen molar-refractivity contribution >= 4 is 11.8 Å². The molecule has 0 atom stereocenters. The molecule has 0 unspecified atom stereocenters. The number of nitrogens with two attached hydrogens (primary N) is 2. The van der Waals surface area contributed by atoms with Crippen LogP contribution in [0.15, 0.2) is 0 Å². The van der Waals surface area contributed by atoms with Crippen molar-refractivity contribution in [3.8, 4) is 0 Å². The van der Waals surface area contributed by atoms with E-state index in [9.17, 15) is 9.59 Å². The van der Waals surface area contributed by atoms with Crippen molar-refractivity contribution in [2.24, 2.45) is 11.5 Å². The predicted octanol–water partition coefficient (Wildman–Crippen LogP) is -0.404. The monoisotopic (exact) mass is 339 g/mol. The molecule has 4 N–H and O–H groups in total. The highest BCUT2D eigenvalue weighted by atomic mass is 16.2. The first-order chi connectivity index (χ1) is 11.1. The maximum Gasteiger partial charge on any atom is 0.312 e. The molecule has 138 valence electrons. The van der Waals surface area contributed by atoms with E-state index in [0.29, 0.717) is 32.5 Å². The third-order valence-electron chi connectivity index (χ3n) is 5.22. The first kappa shape index (κ1) is 19.1. The number of amides is 2. The molecule has 0 aliphatic carbocycles. The highest BCUT2D eigenvalue weighted by molar-refractivity contribution is 6.35. The Balaban J connectivity index is 2.08. The normalized spacial score (nSPS) is 24.9. The fourth-order valence-corrected chi connectivity index (χ4v) is 4.50. The molecule has 2 aliphatic heterocycles. The van der Waals surface area contributed by atoms with Crippen LogP contribution in [-0.4, -0.2) is 82.9 Å². The Morgan fingerprint density at radius 2 is 1.46 bits per heavy atom. The predicted molar refractivity (Wildman–Crippen MR) is 94.3 cm³/mol. The molecule has 0 aromatic carbocycles. The summed E-state index contributed by atoms with van der Waals surface area (Å²) in [6, 6.07) is 0.0500. The SMILES string of the molecule is CC1(C)CC(N)CC(C)(C)N1C(=O)C(=O)N1CCN(CCN)CC1. The minimum Gasteiger partial charge on any atom is -0.332 e. The summed E-state index contributed by atoms with van der Waals surface area (Å²) in [6.07, 6.45) is 1.42. The Labute approximate surface area is 145 Å². The van der Waals surface area contributed by atoms with E-state index < -0.39 is 17.0 Å². The third-order valence-corrected chi connectivity index (χ3v) is 5.22. The van der Waals surface area contributed by atoms with Crippen LogP contribution in [0.3, 0.4) is 0 Å². The average Bonchev–Trinajstić information content (AvgIpc) is 2.44. The molecule has 24 heavy (non-hydrogen) atoms. The van der Waals surface area contributed by atoms with Gasteiger partial charge in [-0.2, -0.15) is 0 Å². The van der Waals surface area contributed by atoms with Crippen molar-refractivity contribution in [1.82, 2.24) is 14.7 Å². The lowest BCUT2D eigenvalue weighted by Crippen LogP contribution is -2.67. The van der Waals surface area contributed by atoms with Crippen LogP contribution in [0, 0.1) is 0 Å². The lowest BCUT2D eigenvalue weighted by molar-refractivity contribution is -0.164. The topological polar surface area (TPSA) is 95.9 Å². The Morgan fingerprint density at radius 3 is 1.92 bits per heavy atom. The smallest absolute Gasteiger partial charge is 0.312 e. The molecule has 7 heteroatoms. The van der Waals surface area contributed by atoms with Crippen LogP contribution in [0.2, 0.25) is 0 Å². The maximum absolute atomic E-state index is 13.0. The Morgan fingerprint density at radius 1 is 0.958 bits per heavy atom. The van der Waals surface area contributed by atoms with Crippen molar-refractivity contribution in [3.63, 3.8) is 0 Å². The van der Waals surface area contributed by atoms with Gasteiger partial charge in [0.15, 0.2) is 0 Å². The molecule has 0 bridgehead atoms.